The fourth-order valence-electron chi connectivity index (χ4n) is 1.56. The maximum absolute atomic E-state index is 11.6. The number of ether oxygens (including phenoxy) is 3. The topological polar surface area (TPSA) is 75.5 Å². The Morgan fingerprint density at radius 2 is 1.82 bits per heavy atom. The van der Waals surface area contributed by atoms with E-state index in [1.807, 2.05) is 27.7 Å². The van der Waals surface area contributed by atoms with Gasteiger partial charge in [0.15, 0.2) is 5.78 Å². The lowest BCUT2D eigenvalue weighted by atomic mass is 10.1. The number of nitrogens with zero attached hydrogens (tertiary/aromatic N) is 3. The van der Waals surface area contributed by atoms with Gasteiger partial charge in [-0.3, -0.25) is 4.79 Å². The molecule has 0 bridgehead atoms. The molecule has 126 valence electrons. The molecule has 1 aromatic rings. The van der Waals surface area contributed by atoms with E-state index >= 15 is 0 Å². The van der Waals surface area contributed by atoms with Gasteiger partial charge in [-0.25, -0.2) is 4.68 Å². The summed E-state index contributed by atoms with van der Waals surface area (Å²) in [7, 11) is 0. The Bertz CT molecular complexity index is 432. The van der Waals surface area contributed by atoms with Crippen molar-refractivity contribution >= 4 is 5.78 Å². The van der Waals surface area contributed by atoms with Crippen LogP contribution in [-0.4, -0.2) is 53.3 Å². The maximum atomic E-state index is 11.6. The molecule has 0 N–H and O–H groups in total. The zero-order valence-electron chi connectivity index (χ0n) is 13.9. The van der Waals surface area contributed by atoms with Gasteiger partial charge in [0.05, 0.1) is 45.3 Å². The van der Waals surface area contributed by atoms with E-state index in [4.69, 9.17) is 14.2 Å². The van der Waals surface area contributed by atoms with E-state index in [1.165, 1.54) is 0 Å². The standard InChI is InChI=1S/C15H27N3O4/c1-12(2)15(19)10-18-9-14(16-17-18)11-21-6-5-20-7-8-22-13(3)4/h9,12-13H,5-8,10-11H2,1-4H3. The molecule has 1 heterocycles. The monoisotopic (exact) mass is 313 g/mol. The molecular weight excluding hydrogens is 286 g/mol. The number of hydrogen-bond donors (Lipinski definition) is 0. The van der Waals surface area contributed by atoms with Crippen molar-refractivity contribution in [3.8, 4) is 0 Å². The minimum Gasteiger partial charge on any atom is -0.377 e. The largest absolute Gasteiger partial charge is 0.377 e. The second-order valence-electron chi connectivity index (χ2n) is 5.61. The van der Waals surface area contributed by atoms with Crippen molar-refractivity contribution in [1.29, 1.82) is 0 Å². The Balaban J connectivity index is 2.08. The number of carbonyl (C=O) groups is 1. The molecule has 0 saturated carbocycles. The average molecular weight is 313 g/mol. The molecule has 0 fully saturated rings. The minimum atomic E-state index is 0.000670. The molecule has 0 aliphatic rings. The van der Waals surface area contributed by atoms with Crippen LogP contribution in [0.2, 0.25) is 0 Å². The van der Waals surface area contributed by atoms with Crippen LogP contribution >= 0.6 is 0 Å². The van der Waals surface area contributed by atoms with Crippen LogP contribution in [0.1, 0.15) is 33.4 Å². The van der Waals surface area contributed by atoms with E-state index < -0.39 is 0 Å². The van der Waals surface area contributed by atoms with Gasteiger partial charge in [-0.05, 0) is 13.8 Å². The van der Waals surface area contributed by atoms with Crippen LogP contribution in [0.15, 0.2) is 6.20 Å². The summed E-state index contributed by atoms with van der Waals surface area (Å²) in [5.74, 6) is 0.134. The molecule has 22 heavy (non-hydrogen) atoms. The highest BCUT2D eigenvalue weighted by Crippen LogP contribution is 2.00. The third-order valence-corrected chi connectivity index (χ3v) is 2.85. The first-order valence-electron chi connectivity index (χ1n) is 7.68. The second-order valence-corrected chi connectivity index (χ2v) is 5.61. The van der Waals surface area contributed by atoms with Gasteiger partial charge in [0.2, 0.25) is 0 Å². The van der Waals surface area contributed by atoms with Crippen molar-refractivity contribution in [2.45, 2.75) is 47.0 Å². The van der Waals surface area contributed by atoms with Crippen LogP contribution in [0.25, 0.3) is 0 Å². The maximum Gasteiger partial charge on any atom is 0.156 e. The first-order chi connectivity index (χ1) is 10.5. The summed E-state index contributed by atoms with van der Waals surface area (Å²) in [4.78, 5) is 11.6. The molecule has 0 aromatic carbocycles. The smallest absolute Gasteiger partial charge is 0.156 e. The summed E-state index contributed by atoms with van der Waals surface area (Å²) in [6.45, 7) is 10.5. The van der Waals surface area contributed by atoms with Gasteiger partial charge in [-0.15, -0.1) is 5.10 Å². The van der Waals surface area contributed by atoms with E-state index in [1.54, 1.807) is 10.9 Å². The fraction of sp³-hybridized carbons (Fsp3) is 0.800. The first-order valence-corrected chi connectivity index (χ1v) is 7.68. The predicted molar refractivity (Wildman–Crippen MR) is 81.4 cm³/mol. The van der Waals surface area contributed by atoms with Gasteiger partial charge in [-0.1, -0.05) is 19.1 Å². The highest BCUT2D eigenvalue weighted by Gasteiger charge is 2.09. The highest BCUT2D eigenvalue weighted by atomic mass is 16.5. The van der Waals surface area contributed by atoms with E-state index in [9.17, 15) is 4.79 Å². The Labute approximate surface area is 131 Å². The summed E-state index contributed by atoms with van der Waals surface area (Å²) < 4.78 is 17.7. The zero-order chi connectivity index (χ0) is 16.4. The predicted octanol–water partition coefficient (Wildman–Crippen LogP) is 1.46. The van der Waals surface area contributed by atoms with Crippen molar-refractivity contribution in [2.24, 2.45) is 5.92 Å². The third-order valence-electron chi connectivity index (χ3n) is 2.85. The van der Waals surface area contributed by atoms with Crippen LogP contribution in [0, 0.1) is 5.92 Å². The summed E-state index contributed by atoms with van der Waals surface area (Å²) in [5.41, 5.74) is 0.708. The van der Waals surface area contributed by atoms with E-state index in [-0.39, 0.29) is 24.3 Å². The van der Waals surface area contributed by atoms with Gasteiger partial charge in [0, 0.05) is 5.92 Å². The molecule has 7 heteroatoms. The fourth-order valence-corrected chi connectivity index (χ4v) is 1.56. The molecule has 0 amide bonds. The van der Waals surface area contributed by atoms with Crippen molar-refractivity contribution < 1.29 is 19.0 Å². The lowest BCUT2D eigenvalue weighted by molar-refractivity contribution is -0.122. The Morgan fingerprint density at radius 1 is 1.14 bits per heavy atom. The molecule has 0 atom stereocenters. The summed E-state index contributed by atoms with van der Waals surface area (Å²) in [6, 6.07) is 0. The Morgan fingerprint density at radius 3 is 2.50 bits per heavy atom. The minimum absolute atomic E-state index is 0.000670. The van der Waals surface area contributed by atoms with Gasteiger partial charge in [0.1, 0.15) is 12.2 Å². The molecule has 0 saturated heterocycles. The second kappa shape index (κ2) is 10.4. The molecule has 0 unspecified atom stereocenters. The van der Waals surface area contributed by atoms with Crippen LogP contribution in [0.3, 0.4) is 0 Å². The highest BCUT2D eigenvalue weighted by molar-refractivity contribution is 5.79. The number of aromatic nitrogens is 3. The van der Waals surface area contributed by atoms with Crippen molar-refractivity contribution in [3.63, 3.8) is 0 Å². The molecule has 1 aromatic heterocycles. The third kappa shape index (κ3) is 8.21. The first kappa shape index (κ1) is 18.7. The number of Topliss-reactive ketones (excluding diaryl/α,β-unsaturated/α-hetero) is 1. The van der Waals surface area contributed by atoms with Crippen molar-refractivity contribution in [1.82, 2.24) is 15.0 Å². The number of ketones is 1. The van der Waals surface area contributed by atoms with Crippen LogP contribution < -0.4 is 0 Å². The lowest BCUT2D eigenvalue weighted by Crippen LogP contribution is -2.15. The van der Waals surface area contributed by atoms with E-state index in [2.05, 4.69) is 10.3 Å². The summed E-state index contributed by atoms with van der Waals surface area (Å²) in [6.07, 6.45) is 1.96. The number of rotatable bonds is 12. The van der Waals surface area contributed by atoms with Crippen molar-refractivity contribution in [3.05, 3.63) is 11.9 Å². The molecule has 0 spiro atoms. The summed E-state index contributed by atoms with van der Waals surface area (Å²) >= 11 is 0. The van der Waals surface area contributed by atoms with Crippen molar-refractivity contribution in [2.75, 3.05) is 26.4 Å². The quantitative estimate of drug-likeness (QED) is 0.544. The molecule has 0 radical (unpaired) electrons. The molecule has 1 rings (SSSR count). The van der Waals surface area contributed by atoms with E-state index in [0.717, 1.165) is 0 Å². The van der Waals surface area contributed by atoms with Gasteiger partial charge < -0.3 is 14.2 Å². The SMILES string of the molecule is CC(C)OCCOCCOCc1cn(CC(=O)C(C)C)nn1. The summed E-state index contributed by atoms with van der Waals surface area (Å²) in [5, 5.41) is 7.88. The van der Waals surface area contributed by atoms with E-state index in [0.29, 0.717) is 38.7 Å². The Kier molecular flexibility index (Phi) is 8.88. The zero-order valence-corrected chi connectivity index (χ0v) is 13.9. The lowest BCUT2D eigenvalue weighted by Gasteiger charge is -2.08. The van der Waals surface area contributed by atoms with Gasteiger partial charge in [0.25, 0.3) is 0 Å². The Hall–Kier alpha value is -1.31. The van der Waals surface area contributed by atoms with Crippen LogP contribution in [0.4, 0.5) is 0 Å². The number of hydrogen-bond acceptors (Lipinski definition) is 6. The molecule has 0 aliphatic carbocycles. The molecule has 7 nitrogen and oxygen atoms in total. The normalized spacial score (nSPS) is 11.5. The van der Waals surface area contributed by atoms with Crippen LogP contribution in [0.5, 0.6) is 0 Å². The molecule has 0 aliphatic heterocycles. The average Bonchev–Trinajstić information content (AvgIpc) is 2.88. The molecular formula is C15H27N3O4. The van der Waals surface area contributed by atoms with Gasteiger partial charge >= 0.3 is 0 Å². The van der Waals surface area contributed by atoms with Gasteiger partial charge in [-0.2, -0.15) is 0 Å². The van der Waals surface area contributed by atoms with Crippen LogP contribution in [-0.2, 0) is 32.2 Å². The number of carbonyl (C=O) groups excluding carboxylic acids is 1.